The van der Waals surface area contributed by atoms with E-state index >= 15 is 4.39 Å². The molecule has 2 N–H and O–H groups in total. The molecule has 0 atom stereocenters. The zero-order chi connectivity index (χ0) is 23.1. The number of carbonyl (C=O) groups is 1. The standard InChI is InChI=1S/C22H21F2N7O2/c1-25-21(32)14-3-5-16(20(24)27-14)30-10-8-29(9-11-30)12-13-2-4-15-19(18(13)23)28-22(33)17-6-7-26-31(15)17/h2-7H,8-12H2,1H3,(H,25,32)(H,28,33). The lowest BCUT2D eigenvalue weighted by Gasteiger charge is -2.36. The summed E-state index contributed by atoms with van der Waals surface area (Å²) in [6.45, 7) is 2.58. The summed E-state index contributed by atoms with van der Waals surface area (Å²) in [5.41, 5.74) is 1.38. The van der Waals surface area contributed by atoms with Gasteiger partial charge in [0, 0.05) is 45.3 Å². The third-order valence-electron chi connectivity index (χ3n) is 5.94. The van der Waals surface area contributed by atoms with Crippen LogP contribution in [-0.4, -0.2) is 63.6 Å². The van der Waals surface area contributed by atoms with E-state index in [1.165, 1.54) is 23.8 Å². The van der Waals surface area contributed by atoms with E-state index in [-0.39, 0.29) is 11.2 Å². The second-order valence-electron chi connectivity index (χ2n) is 7.86. The maximum Gasteiger partial charge on any atom is 0.274 e. The van der Waals surface area contributed by atoms with Gasteiger partial charge in [-0.15, -0.1) is 0 Å². The Morgan fingerprint density at radius 2 is 1.88 bits per heavy atom. The molecule has 1 amide bonds. The number of halogens is 2. The Morgan fingerprint density at radius 1 is 1.09 bits per heavy atom. The van der Waals surface area contributed by atoms with Crippen molar-refractivity contribution in [2.24, 2.45) is 0 Å². The molecule has 1 aliphatic heterocycles. The Hall–Kier alpha value is -3.86. The fraction of sp³-hybridized carbons (Fsp3) is 0.273. The number of nitrogens with one attached hydrogen (secondary N) is 2. The van der Waals surface area contributed by atoms with Crippen molar-refractivity contribution >= 4 is 28.1 Å². The van der Waals surface area contributed by atoms with Gasteiger partial charge in [-0.2, -0.15) is 9.49 Å². The molecule has 0 aliphatic carbocycles. The predicted molar refractivity (Wildman–Crippen MR) is 118 cm³/mol. The maximum atomic E-state index is 15.2. The first-order chi connectivity index (χ1) is 16.0. The lowest BCUT2D eigenvalue weighted by atomic mass is 10.1. The third-order valence-corrected chi connectivity index (χ3v) is 5.94. The van der Waals surface area contributed by atoms with E-state index < -0.39 is 23.2 Å². The van der Waals surface area contributed by atoms with Gasteiger partial charge in [-0.05, 0) is 24.3 Å². The number of aromatic nitrogens is 4. The molecule has 0 unspecified atom stereocenters. The van der Waals surface area contributed by atoms with E-state index in [0.29, 0.717) is 55.0 Å². The molecular formula is C22H21F2N7O2. The topological polar surface area (TPSA) is 98.6 Å². The van der Waals surface area contributed by atoms with Crippen molar-refractivity contribution in [3.05, 3.63) is 69.9 Å². The second-order valence-corrected chi connectivity index (χ2v) is 7.86. The van der Waals surface area contributed by atoms with Crippen LogP contribution in [0.2, 0.25) is 0 Å². The fourth-order valence-electron chi connectivity index (χ4n) is 4.18. The first kappa shape index (κ1) is 21.0. The van der Waals surface area contributed by atoms with E-state index in [0.717, 1.165) is 0 Å². The molecule has 1 aliphatic rings. The van der Waals surface area contributed by atoms with Crippen LogP contribution in [0.15, 0.2) is 41.3 Å². The van der Waals surface area contributed by atoms with Crippen LogP contribution in [0.5, 0.6) is 0 Å². The molecule has 11 heteroatoms. The number of carbonyl (C=O) groups excluding carboxylic acids is 1. The summed E-state index contributed by atoms with van der Waals surface area (Å²) < 4.78 is 31.1. The largest absolute Gasteiger partial charge is 0.365 e. The number of anilines is 1. The molecule has 0 saturated carbocycles. The molecule has 9 nitrogen and oxygen atoms in total. The van der Waals surface area contributed by atoms with E-state index in [2.05, 4.69) is 25.3 Å². The monoisotopic (exact) mass is 453 g/mol. The molecule has 1 aromatic carbocycles. The number of aromatic amines is 1. The van der Waals surface area contributed by atoms with E-state index in [4.69, 9.17) is 0 Å². The minimum absolute atomic E-state index is 0.0228. The first-order valence-corrected chi connectivity index (χ1v) is 10.5. The van der Waals surface area contributed by atoms with Crippen LogP contribution in [0.25, 0.3) is 16.6 Å². The molecule has 0 bridgehead atoms. The number of amides is 1. The zero-order valence-electron chi connectivity index (χ0n) is 17.8. The third kappa shape index (κ3) is 3.69. The summed E-state index contributed by atoms with van der Waals surface area (Å²) in [6.07, 6.45) is 1.50. The Bertz CT molecular complexity index is 1420. The molecule has 5 rings (SSSR count). The SMILES string of the molecule is CNC(=O)c1ccc(N2CCN(Cc3ccc4c([nH]c(=O)c5ccnn54)c3F)CC2)c(F)n1. The summed E-state index contributed by atoms with van der Waals surface area (Å²) in [4.78, 5) is 34.2. The van der Waals surface area contributed by atoms with Gasteiger partial charge in [0.15, 0.2) is 5.82 Å². The van der Waals surface area contributed by atoms with Crippen LogP contribution < -0.4 is 15.8 Å². The van der Waals surface area contributed by atoms with Gasteiger partial charge in [0.2, 0.25) is 5.95 Å². The van der Waals surface area contributed by atoms with Crippen molar-refractivity contribution in [1.29, 1.82) is 0 Å². The predicted octanol–water partition coefficient (Wildman–Crippen LogP) is 1.53. The van der Waals surface area contributed by atoms with Gasteiger partial charge in [-0.3, -0.25) is 14.5 Å². The average molecular weight is 453 g/mol. The van der Waals surface area contributed by atoms with Crippen molar-refractivity contribution in [2.45, 2.75) is 6.54 Å². The molecule has 0 radical (unpaired) electrons. The minimum atomic E-state index is -0.695. The number of hydrogen-bond acceptors (Lipinski definition) is 6. The summed E-state index contributed by atoms with van der Waals surface area (Å²) in [5.74, 6) is -1.62. The number of benzene rings is 1. The molecule has 0 spiro atoms. The molecule has 33 heavy (non-hydrogen) atoms. The summed E-state index contributed by atoms with van der Waals surface area (Å²) in [6, 6.07) is 8.07. The van der Waals surface area contributed by atoms with Gasteiger partial charge < -0.3 is 15.2 Å². The molecule has 3 aromatic heterocycles. The van der Waals surface area contributed by atoms with Crippen molar-refractivity contribution in [1.82, 2.24) is 29.8 Å². The number of nitrogens with zero attached hydrogens (tertiary/aromatic N) is 5. The quantitative estimate of drug-likeness (QED) is 0.455. The molecule has 1 saturated heterocycles. The van der Waals surface area contributed by atoms with Gasteiger partial charge in [-0.25, -0.2) is 13.9 Å². The van der Waals surface area contributed by atoms with Gasteiger partial charge in [0.25, 0.3) is 11.5 Å². The second kappa shape index (κ2) is 8.24. The average Bonchev–Trinajstić information content (AvgIpc) is 3.32. The first-order valence-electron chi connectivity index (χ1n) is 10.5. The number of pyridine rings is 1. The van der Waals surface area contributed by atoms with Crippen LogP contribution in [0.1, 0.15) is 16.1 Å². The van der Waals surface area contributed by atoms with Crippen LogP contribution in [0.4, 0.5) is 14.5 Å². The lowest BCUT2D eigenvalue weighted by molar-refractivity contribution is 0.0957. The number of hydrogen-bond donors (Lipinski definition) is 2. The minimum Gasteiger partial charge on any atom is -0.365 e. The molecule has 170 valence electrons. The molecule has 4 heterocycles. The highest BCUT2D eigenvalue weighted by molar-refractivity contribution is 5.92. The highest BCUT2D eigenvalue weighted by Crippen LogP contribution is 2.23. The Balaban J connectivity index is 1.31. The van der Waals surface area contributed by atoms with E-state index in [1.54, 1.807) is 24.3 Å². The van der Waals surface area contributed by atoms with Crippen molar-refractivity contribution in [2.75, 3.05) is 38.1 Å². The van der Waals surface area contributed by atoms with Crippen LogP contribution in [-0.2, 0) is 6.54 Å². The zero-order valence-corrected chi connectivity index (χ0v) is 17.8. The molecule has 4 aromatic rings. The highest BCUT2D eigenvalue weighted by Gasteiger charge is 2.23. The van der Waals surface area contributed by atoms with Crippen molar-refractivity contribution in [3.63, 3.8) is 0 Å². The van der Waals surface area contributed by atoms with Gasteiger partial charge in [0.1, 0.15) is 16.7 Å². The highest BCUT2D eigenvalue weighted by atomic mass is 19.1. The van der Waals surface area contributed by atoms with Crippen LogP contribution in [0, 0.1) is 11.8 Å². The van der Waals surface area contributed by atoms with Gasteiger partial charge in [0.05, 0.1) is 17.4 Å². The summed E-state index contributed by atoms with van der Waals surface area (Å²) >= 11 is 0. The summed E-state index contributed by atoms with van der Waals surface area (Å²) in [5, 5.41) is 6.53. The van der Waals surface area contributed by atoms with Crippen LogP contribution in [0.3, 0.4) is 0 Å². The van der Waals surface area contributed by atoms with Crippen LogP contribution >= 0.6 is 0 Å². The number of piperazine rings is 1. The van der Waals surface area contributed by atoms with Gasteiger partial charge in [-0.1, -0.05) is 6.07 Å². The molecular weight excluding hydrogens is 432 g/mol. The van der Waals surface area contributed by atoms with Gasteiger partial charge >= 0.3 is 0 Å². The normalized spacial score (nSPS) is 14.8. The number of rotatable bonds is 4. The Labute approximate surface area is 186 Å². The Morgan fingerprint density at radius 3 is 2.61 bits per heavy atom. The lowest BCUT2D eigenvalue weighted by Crippen LogP contribution is -2.46. The molecule has 1 fully saturated rings. The van der Waals surface area contributed by atoms with E-state index in [9.17, 15) is 14.0 Å². The smallest absolute Gasteiger partial charge is 0.274 e. The van der Waals surface area contributed by atoms with Crippen molar-refractivity contribution in [3.8, 4) is 0 Å². The Kier molecular flexibility index (Phi) is 5.25. The number of H-pyrrole nitrogens is 1. The summed E-state index contributed by atoms with van der Waals surface area (Å²) in [7, 11) is 1.46. The maximum absolute atomic E-state index is 15.2. The number of fused-ring (bicyclic) bond motifs is 3. The fourth-order valence-corrected chi connectivity index (χ4v) is 4.18. The van der Waals surface area contributed by atoms with E-state index in [1.807, 2.05) is 4.90 Å². The van der Waals surface area contributed by atoms with Crippen molar-refractivity contribution < 1.29 is 13.6 Å².